The third-order valence-corrected chi connectivity index (χ3v) is 4.44. The van der Waals surface area contributed by atoms with Gasteiger partial charge in [0.2, 0.25) is 0 Å². The van der Waals surface area contributed by atoms with E-state index in [2.05, 4.69) is 0 Å². The minimum atomic E-state index is -0.388. The maximum Gasteiger partial charge on any atom is 0.0625 e. The molecule has 1 saturated heterocycles. The van der Waals surface area contributed by atoms with Crippen molar-refractivity contribution in [2.45, 2.75) is 50.7 Å². The summed E-state index contributed by atoms with van der Waals surface area (Å²) in [5.74, 6) is 0. The summed E-state index contributed by atoms with van der Waals surface area (Å²) < 4.78 is 5.66. The van der Waals surface area contributed by atoms with E-state index >= 15 is 0 Å². The van der Waals surface area contributed by atoms with Gasteiger partial charge in [0, 0.05) is 6.61 Å². The minimum absolute atomic E-state index is 0.318. The van der Waals surface area contributed by atoms with Gasteiger partial charge in [-0.25, -0.2) is 0 Å². The highest BCUT2D eigenvalue weighted by atomic mass is 35.5. The van der Waals surface area contributed by atoms with Crippen LogP contribution in [-0.4, -0.2) is 23.9 Å². The van der Waals surface area contributed by atoms with Crippen molar-refractivity contribution in [3.05, 3.63) is 33.8 Å². The lowest BCUT2D eigenvalue weighted by Crippen LogP contribution is -2.21. The van der Waals surface area contributed by atoms with Crippen molar-refractivity contribution in [1.82, 2.24) is 0 Å². The molecule has 0 radical (unpaired) electrons. The van der Waals surface area contributed by atoms with Gasteiger partial charge in [-0.1, -0.05) is 35.3 Å². The molecule has 2 nitrogen and oxygen atoms in total. The van der Waals surface area contributed by atoms with Crippen molar-refractivity contribution < 1.29 is 9.84 Å². The van der Waals surface area contributed by atoms with Crippen LogP contribution in [0.25, 0.3) is 0 Å². The molecule has 1 aliphatic heterocycles. The van der Waals surface area contributed by atoms with E-state index in [1.165, 1.54) is 6.42 Å². The van der Waals surface area contributed by atoms with Gasteiger partial charge in [-0.3, -0.25) is 0 Å². The van der Waals surface area contributed by atoms with Gasteiger partial charge >= 0.3 is 0 Å². The summed E-state index contributed by atoms with van der Waals surface area (Å²) in [6, 6.07) is 5.53. The summed E-state index contributed by atoms with van der Waals surface area (Å²) in [4.78, 5) is 0. The lowest BCUT2D eigenvalue weighted by atomic mass is 9.99. The van der Waals surface area contributed by atoms with Crippen molar-refractivity contribution in [3.63, 3.8) is 0 Å². The van der Waals surface area contributed by atoms with Crippen LogP contribution in [0.3, 0.4) is 0 Å². The van der Waals surface area contributed by atoms with E-state index in [0.29, 0.717) is 22.6 Å². The van der Waals surface area contributed by atoms with Crippen molar-refractivity contribution in [2.75, 3.05) is 6.61 Å². The van der Waals surface area contributed by atoms with Gasteiger partial charge in [-0.15, -0.1) is 0 Å². The van der Waals surface area contributed by atoms with E-state index < -0.39 is 0 Å². The summed E-state index contributed by atoms with van der Waals surface area (Å²) in [5, 5.41) is 11.2. The molecule has 2 unspecified atom stereocenters. The summed E-state index contributed by atoms with van der Waals surface area (Å²) in [6.45, 7) is 0.862. The molecule has 1 fully saturated rings. The standard InChI is InChI=1S/C15H20Cl2O2/c16-14-6-3-4-11(15(14)17)10-12(18)7-8-13-5-1-2-9-19-13/h3-4,6,12-13,18H,1-2,5,7-10H2. The number of hydrogen-bond donors (Lipinski definition) is 1. The Kier molecular flexibility index (Phi) is 5.96. The smallest absolute Gasteiger partial charge is 0.0625 e. The molecular weight excluding hydrogens is 283 g/mol. The minimum Gasteiger partial charge on any atom is -0.393 e. The lowest BCUT2D eigenvalue weighted by Gasteiger charge is -2.23. The molecule has 1 heterocycles. The molecule has 19 heavy (non-hydrogen) atoms. The highest BCUT2D eigenvalue weighted by Crippen LogP contribution is 2.27. The molecule has 2 atom stereocenters. The van der Waals surface area contributed by atoms with Gasteiger partial charge < -0.3 is 9.84 Å². The molecule has 4 heteroatoms. The molecule has 0 aromatic heterocycles. The highest BCUT2D eigenvalue weighted by Gasteiger charge is 2.16. The Morgan fingerprint density at radius 3 is 2.89 bits per heavy atom. The van der Waals surface area contributed by atoms with Crippen LogP contribution < -0.4 is 0 Å². The van der Waals surface area contributed by atoms with Gasteiger partial charge in [0.1, 0.15) is 0 Å². The topological polar surface area (TPSA) is 29.5 Å². The quantitative estimate of drug-likeness (QED) is 0.881. The Labute approximate surface area is 124 Å². The third kappa shape index (κ3) is 4.64. The molecular formula is C15H20Cl2O2. The molecule has 1 aromatic rings. The van der Waals surface area contributed by atoms with Crippen molar-refractivity contribution >= 4 is 23.2 Å². The fourth-order valence-corrected chi connectivity index (χ4v) is 2.87. The second-order valence-corrected chi connectivity index (χ2v) is 5.92. The number of benzene rings is 1. The molecule has 0 aliphatic carbocycles. The monoisotopic (exact) mass is 302 g/mol. The normalized spacial score (nSPS) is 21.3. The van der Waals surface area contributed by atoms with Crippen molar-refractivity contribution in [2.24, 2.45) is 0 Å². The average molecular weight is 303 g/mol. The second-order valence-electron chi connectivity index (χ2n) is 5.14. The molecule has 0 spiro atoms. The predicted molar refractivity (Wildman–Crippen MR) is 79.0 cm³/mol. The van der Waals surface area contributed by atoms with Crippen molar-refractivity contribution in [1.29, 1.82) is 0 Å². The van der Waals surface area contributed by atoms with Crippen LogP contribution in [0, 0.1) is 0 Å². The number of ether oxygens (including phenoxy) is 1. The zero-order chi connectivity index (χ0) is 13.7. The average Bonchev–Trinajstić information content (AvgIpc) is 2.43. The fourth-order valence-electron chi connectivity index (χ4n) is 2.48. The largest absolute Gasteiger partial charge is 0.393 e. The molecule has 0 amide bonds. The molecule has 1 aliphatic rings. The number of hydrogen-bond acceptors (Lipinski definition) is 2. The fraction of sp³-hybridized carbons (Fsp3) is 0.600. The van der Waals surface area contributed by atoms with E-state index in [9.17, 15) is 5.11 Å². The molecule has 1 N–H and O–H groups in total. The number of rotatable bonds is 5. The van der Waals surface area contributed by atoms with Crippen LogP contribution >= 0.6 is 23.2 Å². The Morgan fingerprint density at radius 2 is 2.16 bits per heavy atom. The van der Waals surface area contributed by atoms with Crippen LogP contribution in [0.1, 0.15) is 37.7 Å². The Bertz CT molecular complexity index is 403. The zero-order valence-corrected chi connectivity index (χ0v) is 12.5. The van der Waals surface area contributed by atoms with Gasteiger partial charge in [-0.2, -0.15) is 0 Å². The maximum absolute atomic E-state index is 10.1. The Hall–Kier alpha value is -0.280. The van der Waals surface area contributed by atoms with Crippen LogP contribution in [0.15, 0.2) is 18.2 Å². The van der Waals surface area contributed by atoms with Gasteiger partial charge in [0.15, 0.2) is 0 Å². The summed E-state index contributed by atoms with van der Waals surface area (Å²) in [6.07, 6.45) is 5.65. The van der Waals surface area contributed by atoms with Crippen LogP contribution in [0.4, 0.5) is 0 Å². The first kappa shape index (κ1) is 15.1. The van der Waals surface area contributed by atoms with E-state index in [1.54, 1.807) is 6.07 Å². The van der Waals surface area contributed by atoms with E-state index in [-0.39, 0.29) is 6.10 Å². The number of halogens is 2. The molecule has 106 valence electrons. The van der Waals surface area contributed by atoms with Crippen LogP contribution in [0.5, 0.6) is 0 Å². The highest BCUT2D eigenvalue weighted by molar-refractivity contribution is 6.42. The summed E-state index contributed by atoms with van der Waals surface area (Å²) in [7, 11) is 0. The first-order valence-corrected chi connectivity index (χ1v) is 7.65. The molecule has 0 bridgehead atoms. The van der Waals surface area contributed by atoms with Gasteiger partial charge in [0.05, 0.1) is 22.3 Å². The van der Waals surface area contributed by atoms with E-state index in [1.807, 2.05) is 12.1 Å². The molecule has 0 saturated carbocycles. The summed E-state index contributed by atoms with van der Waals surface area (Å²) >= 11 is 12.1. The maximum atomic E-state index is 10.1. The predicted octanol–water partition coefficient (Wildman–Crippen LogP) is 4.25. The van der Waals surface area contributed by atoms with Crippen LogP contribution in [0.2, 0.25) is 10.0 Å². The first-order chi connectivity index (χ1) is 9.16. The third-order valence-electron chi connectivity index (χ3n) is 3.58. The summed E-state index contributed by atoms with van der Waals surface area (Å²) in [5.41, 5.74) is 0.909. The Balaban J connectivity index is 1.80. The van der Waals surface area contributed by atoms with E-state index in [4.69, 9.17) is 27.9 Å². The van der Waals surface area contributed by atoms with E-state index in [0.717, 1.165) is 37.9 Å². The van der Waals surface area contributed by atoms with Gasteiger partial charge in [0.25, 0.3) is 0 Å². The Morgan fingerprint density at radius 1 is 1.32 bits per heavy atom. The van der Waals surface area contributed by atoms with Crippen molar-refractivity contribution in [3.8, 4) is 0 Å². The zero-order valence-electron chi connectivity index (χ0n) is 10.9. The van der Waals surface area contributed by atoms with Gasteiger partial charge in [-0.05, 0) is 50.2 Å². The van der Waals surface area contributed by atoms with Crippen LogP contribution in [-0.2, 0) is 11.2 Å². The SMILES string of the molecule is OC(CCC1CCCCO1)Cc1cccc(Cl)c1Cl. The number of aliphatic hydroxyl groups excluding tert-OH is 1. The lowest BCUT2D eigenvalue weighted by molar-refractivity contribution is 0.00234. The first-order valence-electron chi connectivity index (χ1n) is 6.89. The molecule has 1 aromatic carbocycles. The second kappa shape index (κ2) is 7.49. The number of aliphatic hydroxyl groups is 1. The molecule has 2 rings (SSSR count).